The molecule has 2 aliphatic rings. The van der Waals surface area contributed by atoms with E-state index in [9.17, 15) is 0 Å². The third kappa shape index (κ3) is 1.89. The van der Waals surface area contributed by atoms with Crippen molar-refractivity contribution in [3.05, 3.63) is 35.4 Å². The first-order valence-electron chi connectivity index (χ1n) is 6.19. The fraction of sp³-hybridized carbons (Fsp3) is 0.571. The van der Waals surface area contributed by atoms with E-state index in [1.165, 1.54) is 32.2 Å². The lowest BCUT2D eigenvalue weighted by Crippen LogP contribution is -2.28. The molecule has 1 atom stereocenters. The largest absolute Gasteiger partial charge is 0.309 e. The highest BCUT2D eigenvalue weighted by Gasteiger charge is 2.42. The maximum Gasteiger partial charge on any atom is 0.0326 e. The summed E-state index contributed by atoms with van der Waals surface area (Å²) in [5.74, 6) is 0. The Kier molecular flexibility index (Phi) is 2.72. The minimum Gasteiger partial charge on any atom is -0.309 e. The van der Waals surface area contributed by atoms with Crippen LogP contribution in [0.15, 0.2) is 24.3 Å². The molecule has 0 aromatic heterocycles. The number of hydrogen-bond acceptors (Lipinski definition) is 2. The highest BCUT2D eigenvalue weighted by atomic mass is 32.2. The Morgan fingerprint density at radius 2 is 2.19 bits per heavy atom. The topological polar surface area (TPSA) is 12.0 Å². The molecular formula is C14H19NS. The summed E-state index contributed by atoms with van der Waals surface area (Å²) in [7, 11) is 0. The first-order chi connectivity index (χ1) is 7.83. The van der Waals surface area contributed by atoms with Crippen molar-refractivity contribution in [3.8, 4) is 0 Å². The molecule has 1 aromatic carbocycles. The van der Waals surface area contributed by atoms with Crippen molar-refractivity contribution < 1.29 is 0 Å². The molecule has 0 spiro atoms. The van der Waals surface area contributed by atoms with Crippen molar-refractivity contribution in [2.45, 2.75) is 36.5 Å². The van der Waals surface area contributed by atoms with Gasteiger partial charge in [0.15, 0.2) is 0 Å². The predicted molar refractivity (Wildman–Crippen MR) is 71.0 cm³/mol. The Balaban J connectivity index is 1.65. The second-order valence-electron chi connectivity index (χ2n) is 5.06. The van der Waals surface area contributed by atoms with Crippen LogP contribution < -0.4 is 5.32 Å². The monoisotopic (exact) mass is 233 g/mol. The minimum atomic E-state index is 0.581. The van der Waals surface area contributed by atoms with Gasteiger partial charge in [0, 0.05) is 17.3 Å². The molecule has 1 fully saturated rings. The molecule has 0 aliphatic heterocycles. The zero-order chi connectivity index (χ0) is 11.0. The lowest BCUT2D eigenvalue weighted by molar-refractivity contribution is 0.524. The highest BCUT2D eigenvalue weighted by molar-refractivity contribution is 8.00. The molecule has 2 aliphatic carbocycles. The molecule has 1 N–H and O–H groups in total. The van der Waals surface area contributed by atoms with Crippen LogP contribution in [0.1, 0.15) is 36.4 Å². The first-order valence-corrected chi connectivity index (χ1v) is 7.42. The van der Waals surface area contributed by atoms with Crippen LogP contribution in [-0.4, -0.2) is 17.5 Å². The number of hydrogen-bond donors (Lipinski definition) is 1. The number of rotatable bonds is 4. The average Bonchev–Trinajstić information content (AvgIpc) is 3.01. The highest BCUT2D eigenvalue weighted by Crippen LogP contribution is 2.47. The summed E-state index contributed by atoms with van der Waals surface area (Å²) in [5.41, 5.74) is 3.09. The first kappa shape index (κ1) is 10.7. The van der Waals surface area contributed by atoms with Crippen LogP contribution in [0.25, 0.3) is 0 Å². The van der Waals surface area contributed by atoms with E-state index in [1.54, 1.807) is 11.1 Å². The standard InChI is InChI=1S/C14H19NS/c1-16-14(8-9-14)10-15-13-7-6-11-4-2-3-5-12(11)13/h2-5,13,15H,6-10H2,1H3. The van der Waals surface area contributed by atoms with Gasteiger partial charge in [0.25, 0.3) is 0 Å². The summed E-state index contributed by atoms with van der Waals surface area (Å²) in [6.07, 6.45) is 7.58. The summed E-state index contributed by atoms with van der Waals surface area (Å²) >= 11 is 2.04. The summed E-state index contributed by atoms with van der Waals surface area (Å²) in [6, 6.07) is 9.50. The van der Waals surface area contributed by atoms with Crippen LogP contribution in [0.5, 0.6) is 0 Å². The van der Waals surface area contributed by atoms with E-state index in [0.717, 1.165) is 0 Å². The molecule has 1 nitrogen and oxygen atoms in total. The van der Waals surface area contributed by atoms with Gasteiger partial charge >= 0.3 is 0 Å². The van der Waals surface area contributed by atoms with Crippen molar-refractivity contribution in [1.29, 1.82) is 0 Å². The summed E-state index contributed by atoms with van der Waals surface area (Å²) in [5, 5.41) is 3.77. The second-order valence-corrected chi connectivity index (χ2v) is 6.33. The molecule has 0 bridgehead atoms. The SMILES string of the molecule is CSC1(CNC2CCc3ccccc32)CC1. The van der Waals surface area contributed by atoms with Crippen LogP contribution in [-0.2, 0) is 6.42 Å². The van der Waals surface area contributed by atoms with Crippen molar-refractivity contribution >= 4 is 11.8 Å². The van der Waals surface area contributed by atoms with Gasteiger partial charge in [-0.25, -0.2) is 0 Å². The van der Waals surface area contributed by atoms with Gasteiger partial charge in [-0.3, -0.25) is 0 Å². The fourth-order valence-electron chi connectivity index (χ4n) is 2.67. The van der Waals surface area contributed by atoms with Crippen LogP contribution >= 0.6 is 11.8 Å². The van der Waals surface area contributed by atoms with Crippen LogP contribution in [0.3, 0.4) is 0 Å². The lowest BCUT2D eigenvalue weighted by atomic mass is 10.1. The molecule has 1 aromatic rings. The number of thioether (sulfide) groups is 1. The molecule has 16 heavy (non-hydrogen) atoms. The second kappa shape index (κ2) is 4.08. The Morgan fingerprint density at radius 1 is 1.38 bits per heavy atom. The van der Waals surface area contributed by atoms with Crippen LogP contribution in [0.4, 0.5) is 0 Å². The van der Waals surface area contributed by atoms with Gasteiger partial charge in [0.1, 0.15) is 0 Å². The Labute approximate surface area is 102 Å². The molecule has 0 radical (unpaired) electrons. The molecule has 0 saturated heterocycles. The predicted octanol–water partition coefficient (Wildman–Crippen LogP) is 3.16. The number of benzene rings is 1. The van der Waals surface area contributed by atoms with E-state index >= 15 is 0 Å². The molecule has 86 valence electrons. The molecule has 3 rings (SSSR count). The molecule has 1 saturated carbocycles. The maximum atomic E-state index is 3.77. The quantitative estimate of drug-likeness (QED) is 0.857. The van der Waals surface area contributed by atoms with Crippen molar-refractivity contribution in [1.82, 2.24) is 5.32 Å². The smallest absolute Gasteiger partial charge is 0.0326 e. The van der Waals surface area contributed by atoms with Crippen molar-refractivity contribution in [2.75, 3.05) is 12.8 Å². The summed E-state index contributed by atoms with van der Waals surface area (Å²) in [6.45, 7) is 1.19. The van der Waals surface area contributed by atoms with Gasteiger partial charge in [0.05, 0.1) is 0 Å². The molecule has 0 heterocycles. The van der Waals surface area contributed by atoms with Crippen molar-refractivity contribution in [3.63, 3.8) is 0 Å². The third-order valence-corrected chi connectivity index (χ3v) is 5.46. The fourth-order valence-corrected chi connectivity index (χ4v) is 3.41. The number of aryl methyl sites for hydroxylation is 1. The third-order valence-electron chi connectivity index (χ3n) is 4.04. The Morgan fingerprint density at radius 3 is 2.94 bits per heavy atom. The van der Waals surface area contributed by atoms with Gasteiger partial charge in [-0.15, -0.1) is 0 Å². The Hall–Kier alpha value is -0.470. The normalized spacial score (nSPS) is 25.4. The van der Waals surface area contributed by atoms with Crippen LogP contribution in [0, 0.1) is 0 Å². The van der Waals surface area contributed by atoms with Gasteiger partial charge in [0.2, 0.25) is 0 Å². The van der Waals surface area contributed by atoms with E-state index < -0.39 is 0 Å². The maximum absolute atomic E-state index is 3.77. The summed E-state index contributed by atoms with van der Waals surface area (Å²) in [4.78, 5) is 0. The molecular weight excluding hydrogens is 214 g/mol. The lowest BCUT2D eigenvalue weighted by Gasteiger charge is -2.18. The van der Waals surface area contributed by atoms with Gasteiger partial charge in [-0.1, -0.05) is 24.3 Å². The zero-order valence-corrected chi connectivity index (χ0v) is 10.6. The number of nitrogens with one attached hydrogen (secondary N) is 1. The molecule has 2 heteroatoms. The Bertz CT molecular complexity index is 384. The zero-order valence-electron chi connectivity index (χ0n) is 9.83. The summed E-state index contributed by atoms with van der Waals surface area (Å²) < 4.78 is 0.581. The minimum absolute atomic E-state index is 0.581. The van der Waals surface area contributed by atoms with E-state index in [4.69, 9.17) is 0 Å². The van der Waals surface area contributed by atoms with Crippen molar-refractivity contribution in [2.24, 2.45) is 0 Å². The van der Waals surface area contributed by atoms with Crippen LogP contribution in [0.2, 0.25) is 0 Å². The molecule has 1 unspecified atom stereocenters. The van der Waals surface area contributed by atoms with E-state index in [0.29, 0.717) is 10.8 Å². The number of fused-ring (bicyclic) bond motifs is 1. The van der Waals surface area contributed by atoms with E-state index in [2.05, 4.69) is 35.8 Å². The molecule has 0 amide bonds. The van der Waals surface area contributed by atoms with Gasteiger partial charge in [-0.05, 0) is 43.1 Å². The average molecular weight is 233 g/mol. The van der Waals surface area contributed by atoms with E-state index in [-0.39, 0.29) is 0 Å². The van der Waals surface area contributed by atoms with Gasteiger partial charge in [-0.2, -0.15) is 11.8 Å². The van der Waals surface area contributed by atoms with E-state index in [1.807, 2.05) is 11.8 Å². The van der Waals surface area contributed by atoms with Gasteiger partial charge < -0.3 is 5.32 Å².